The Morgan fingerprint density at radius 2 is 2.21 bits per heavy atom. The largest absolute Gasteiger partial charge is 0.397 e. The van der Waals surface area contributed by atoms with Gasteiger partial charge in [0.1, 0.15) is 5.69 Å². The molecule has 0 aromatic carbocycles. The van der Waals surface area contributed by atoms with Gasteiger partial charge in [0.25, 0.3) is 5.91 Å². The number of carbonyl (C=O) groups excluding carboxylic acids is 1. The van der Waals surface area contributed by atoms with Gasteiger partial charge >= 0.3 is 0 Å². The van der Waals surface area contributed by atoms with Crippen molar-refractivity contribution >= 4 is 11.6 Å². The Balaban J connectivity index is 2.65. The molecule has 0 fully saturated rings. The van der Waals surface area contributed by atoms with Crippen molar-refractivity contribution in [3.63, 3.8) is 0 Å². The molecule has 1 aromatic rings. The Labute approximate surface area is 115 Å². The van der Waals surface area contributed by atoms with Gasteiger partial charge in [0.2, 0.25) is 0 Å². The number of aryl methyl sites for hydroxylation is 1. The Bertz CT molecular complexity index is 413. The van der Waals surface area contributed by atoms with E-state index in [-0.39, 0.29) is 12.0 Å². The summed E-state index contributed by atoms with van der Waals surface area (Å²) in [5, 5.41) is 0. The number of hydrogen-bond donors (Lipinski definition) is 1. The number of ether oxygens (including phenoxy) is 1. The number of nitrogens with zero attached hydrogens (tertiary/aromatic N) is 2. The summed E-state index contributed by atoms with van der Waals surface area (Å²) in [4.78, 5) is 14.0. The molecular weight excluding hydrogens is 242 g/mol. The Morgan fingerprint density at radius 3 is 2.79 bits per heavy atom. The van der Waals surface area contributed by atoms with Crippen LogP contribution < -0.4 is 5.73 Å². The van der Waals surface area contributed by atoms with E-state index in [0.29, 0.717) is 24.5 Å². The molecule has 108 valence electrons. The quantitative estimate of drug-likeness (QED) is 0.821. The van der Waals surface area contributed by atoms with E-state index >= 15 is 0 Å². The molecular formula is C14H25N3O2. The van der Waals surface area contributed by atoms with Crippen molar-refractivity contribution in [2.75, 3.05) is 25.9 Å². The van der Waals surface area contributed by atoms with E-state index in [2.05, 4.69) is 6.92 Å². The molecule has 0 saturated carbocycles. The van der Waals surface area contributed by atoms with E-state index in [4.69, 9.17) is 10.5 Å². The number of nitrogen functional groups attached to an aromatic ring is 1. The fourth-order valence-electron chi connectivity index (χ4n) is 1.86. The maximum Gasteiger partial charge on any atom is 0.270 e. The number of amides is 1. The van der Waals surface area contributed by atoms with Crippen molar-refractivity contribution in [2.24, 2.45) is 0 Å². The molecule has 0 spiro atoms. The van der Waals surface area contributed by atoms with Crippen molar-refractivity contribution in [1.82, 2.24) is 9.47 Å². The first-order chi connectivity index (χ1) is 8.95. The van der Waals surface area contributed by atoms with Gasteiger partial charge in [-0.3, -0.25) is 4.79 Å². The van der Waals surface area contributed by atoms with Gasteiger partial charge in [-0.15, -0.1) is 0 Å². The molecule has 1 rings (SSSR count). The number of likely N-dealkylation sites (N-methyl/N-ethyl adjacent to an activating group) is 1. The zero-order chi connectivity index (χ0) is 14.4. The lowest BCUT2D eigenvalue weighted by Gasteiger charge is -2.19. The van der Waals surface area contributed by atoms with Gasteiger partial charge in [-0.25, -0.2) is 0 Å². The van der Waals surface area contributed by atoms with E-state index in [9.17, 15) is 4.79 Å². The fourth-order valence-corrected chi connectivity index (χ4v) is 1.86. The van der Waals surface area contributed by atoms with E-state index in [0.717, 1.165) is 13.0 Å². The second kappa shape index (κ2) is 7.19. The van der Waals surface area contributed by atoms with Crippen LogP contribution in [-0.2, 0) is 11.3 Å². The summed E-state index contributed by atoms with van der Waals surface area (Å²) in [5.41, 5.74) is 7.04. The molecule has 0 aliphatic heterocycles. The Hall–Kier alpha value is -1.49. The Kier molecular flexibility index (Phi) is 5.89. The summed E-state index contributed by atoms with van der Waals surface area (Å²) in [7, 11) is 1.78. The number of nitrogens with two attached hydrogens (primary N) is 1. The number of anilines is 1. The van der Waals surface area contributed by atoms with Crippen LogP contribution in [0.2, 0.25) is 0 Å². The number of aromatic nitrogens is 1. The molecule has 1 amide bonds. The normalized spacial score (nSPS) is 11.0. The lowest BCUT2D eigenvalue weighted by atomic mass is 10.3. The number of rotatable bonds is 7. The maximum absolute atomic E-state index is 12.3. The lowest BCUT2D eigenvalue weighted by Crippen LogP contribution is -2.32. The third kappa shape index (κ3) is 4.59. The molecule has 1 aromatic heterocycles. The summed E-state index contributed by atoms with van der Waals surface area (Å²) >= 11 is 0. The molecule has 0 aliphatic rings. The van der Waals surface area contributed by atoms with E-state index in [1.807, 2.05) is 24.6 Å². The van der Waals surface area contributed by atoms with Gasteiger partial charge in [-0.2, -0.15) is 0 Å². The van der Waals surface area contributed by atoms with E-state index in [1.54, 1.807) is 18.0 Å². The predicted molar refractivity (Wildman–Crippen MR) is 77.2 cm³/mol. The lowest BCUT2D eigenvalue weighted by molar-refractivity contribution is 0.0526. The summed E-state index contributed by atoms with van der Waals surface area (Å²) in [6.07, 6.45) is 2.96. The highest BCUT2D eigenvalue weighted by atomic mass is 16.5. The first-order valence-corrected chi connectivity index (χ1v) is 6.78. The number of carbonyl (C=O) groups is 1. The fraction of sp³-hybridized carbons (Fsp3) is 0.643. The first-order valence-electron chi connectivity index (χ1n) is 6.78. The standard InChI is InChI=1S/C14H25N3O2/c1-5-6-17-10-12(15)9-13(17)14(18)16(4)7-8-19-11(2)3/h9-11H,5-8,15H2,1-4H3. The Morgan fingerprint density at radius 1 is 1.53 bits per heavy atom. The third-order valence-corrected chi connectivity index (χ3v) is 2.83. The minimum Gasteiger partial charge on any atom is -0.397 e. The van der Waals surface area contributed by atoms with Gasteiger partial charge in [0, 0.05) is 26.3 Å². The molecule has 0 aliphatic carbocycles. The summed E-state index contributed by atoms with van der Waals surface area (Å²) in [5.74, 6) is -0.0162. The highest BCUT2D eigenvalue weighted by molar-refractivity contribution is 5.93. The zero-order valence-corrected chi connectivity index (χ0v) is 12.3. The molecule has 0 bridgehead atoms. The first kappa shape index (κ1) is 15.6. The minimum absolute atomic E-state index is 0.0162. The van der Waals surface area contributed by atoms with Crippen molar-refractivity contribution in [3.05, 3.63) is 18.0 Å². The van der Waals surface area contributed by atoms with Crippen LogP contribution in [0.3, 0.4) is 0 Å². The van der Waals surface area contributed by atoms with Crippen LogP contribution in [0.15, 0.2) is 12.3 Å². The van der Waals surface area contributed by atoms with Gasteiger partial charge in [0.05, 0.1) is 18.4 Å². The maximum atomic E-state index is 12.3. The molecule has 0 saturated heterocycles. The highest BCUT2D eigenvalue weighted by Crippen LogP contribution is 2.13. The molecule has 1 heterocycles. The van der Waals surface area contributed by atoms with Crippen LogP contribution >= 0.6 is 0 Å². The van der Waals surface area contributed by atoms with Crippen LogP contribution in [0, 0.1) is 0 Å². The topological polar surface area (TPSA) is 60.5 Å². The summed E-state index contributed by atoms with van der Waals surface area (Å²) in [6, 6.07) is 1.73. The second-order valence-corrected chi connectivity index (χ2v) is 5.00. The van der Waals surface area contributed by atoms with Crippen molar-refractivity contribution in [1.29, 1.82) is 0 Å². The average Bonchev–Trinajstić information content (AvgIpc) is 2.69. The zero-order valence-electron chi connectivity index (χ0n) is 12.3. The van der Waals surface area contributed by atoms with E-state index in [1.165, 1.54) is 0 Å². The second-order valence-electron chi connectivity index (χ2n) is 5.00. The summed E-state index contributed by atoms with van der Waals surface area (Å²) in [6.45, 7) is 7.96. The highest BCUT2D eigenvalue weighted by Gasteiger charge is 2.16. The monoisotopic (exact) mass is 267 g/mol. The molecule has 0 unspecified atom stereocenters. The van der Waals surface area contributed by atoms with Gasteiger partial charge in [-0.05, 0) is 26.3 Å². The van der Waals surface area contributed by atoms with Gasteiger partial charge in [0.15, 0.2) is 0 Å². The van der Waals surface area contributed by atoms with Crippen molar-refractivity contribution < 1.29 is 9.53 Å². The molecule has 0 atom stereocenters. The SMILES string of the molecule is CCCn1cc(N)cc1C(=O)N(C)CCOC(C)C. The van der Waals surface area contributed by atoms with Crippen LogP contribution in [-0.4, -0.2) is 41.7 Å². The molecule has 5 heteroatoms. The molecule has 2 N–H and O–H groups in total. The summed E-state index contributed by atoms with van der Waals surface area (Å²) < 4.78 is 7.37. The van der Waals surface area contributed by atoms with Crippen LogP contribution in [0.4, 0.5) is 5.69 Å². The van der Waals surface area contributed by atoms with Gasteiger partial charge in [-0.1, -0.05) is 6.92 Å². The van der Waals surface area contributed by atoms with Crippen molar-refractivity contribution in [2.45, 2.75) is 39.8 Å². The van der Waals surface area contributed by atoms with Crippen molar-refractivity contribution in [3.8, 4) is 0 Å². The molecule has 0 radical (unpaired) electrons. The van der Waals surface area contributed by atoms with Crippen LogP contribution in [0.1, 0.15) is 37.7 Å². The molecule has 19 heavy (non-hydrogen) atoms. The molecule has 5 nitrogen and oxygen atoms in total. The average molecular weight is 267 g/mol. The van der Waals surface area contributed by atoms with Gasteiger partial charge < -0.3 is 19.9 Å². The minimum atomic E-state index is -0.0162. The third-order valence-electron chi connectivity index (χ3n) is 2.83. The smallest absolute Gasteiger partial charge is 0.270 e. The van der Waals surface area contributed by atoms with Crippen LogP contribution in [0.5, 0.6) is 0 Å². The predicted octanol–water partition coefficient (Wildman–Crippen LogP) is 1.98. The van der Waals surface area contributed by atoms with Crippen LogP contribution in [0.25, 0.3) is 0 Å². The number of hydrogen-bond acceptors (Lipinski definition) is 3. The van der Waals surface area contributed by atoms with E-state index < -0.39 is 0 Å².